The van der Waals surface area contributed by atoms with E-state index in [2.05, 4.69) is 24.0 Å². The number of aromatic nitrogens is 1. The highest BCUT2D eigenvalue weighted by Crippen LogP contribution is 2.28. The van der Waals surface area contributed by atoms with Gasteiger partial charge in [0.05, 0.1) is 10.7 Å². The number of rotatable bonds is 4. The third-order valence-electron chi connectivity index (χ3n) is 2.44. The van der Waals surface area contributed by atoms with Gasteiger partial charge in [-0.3, -0.25) is 0 Å². The first kappa shape index (κ1) is 11.3. The molecule has 84 valence electrons. The van der Waals surface area contributed by atoms with Crippen molar-refractivity contribution in [3.8, 4) is 11.3 Å². The summed E-state index contributed by atoms with van der Waals surface area (Å²) in [4.78, 5) is 5.87. The van der Waals surface area contributed by atoms with Crippen molar-refractivity contribution < 1.29 is 0 Å². The quantitative estimate of drug-likeness (QED) is 0.879. The van der Waals surface area contributed by atoms with Gasteiger partial charge in [0.1, 0.15) is 0 Å². The van der Waals surface area contributed by atoms with E-state index >= 15 is 0 Å². The summed E-state index contributed by atoms with van der Waals surface area (Å²) in [5.41, 5.74) is 8.00. The minimum absolute atomic E-state index is 0.575. The molecule has 0 radical (unpaired) electrons. The number of benzene rings is 1. The molecule has 0 aliphatic carbocycles. The van der Waals surface area contributed by atoms with Gasteiger partial charge in [0.2, 0.25) is 0 Å². The Labute approximate surface area is 100 Å². The maximum absolute atomic E-state index is 5.77. The zero-order valence-electron chi connectivity index (χ0n) is 9.44. The first-order chi connectivity index (χ1) is 7.85. The number of nitrogens with two attached hydrogens (primary N) is 1. The van der Waals surface area contributed by atoms with Crippen LogP contribution < -0.4 is 5.73 Å². The molecule has 2 N–H and O–H groups in total. The average Bonchev–Trinajstić information content (AvgIpc) is 2.74. The predicted octanol–water partition coefficient (Wildman–Crippen LogP) is 3.22. The number of hydrogen-bond acceptors (Lipinski definition) is 3. The van der Waals surface area contributed by atoms with E-state index in [-0.39, 0.29) is 0 Å². The highest BCUT2D eigenvalue weighted by Gasteiger charge is 2.10. The van der Waals surface area contributed by atoms with Crippen molar-refractivity contribution in [2.75, 3.05) is 0 Å². The third kappa shape index (κ3) is 2.31. The van der Waals surface area contributed by atoms with Crippen LogP contribution in [0.3, 0.4) is 0 Å². The maximum atomic E-state index is 5.77. The van der Waals surface area contributed by atoms with Crippen LogP contribution in [0.5, 0.6) is 0 Å². The molecule has 0 atom stereocenters. The van der Waals surface area contributed by atoms with Crippen LogP contribution in [-0.2, 0) is 13.0 Å². The highest BCUT2D eigenvalue weighted by molar-refractivity contribution is 7.12. The van der Waals surface area contributed by atoms with E-state index in [1.165, 1.54) is 15.4 Å². The van der Waals surface area contributed by atoms with Gasteiger partial charge in [0, 0.05) is 17.0 Å². The minimum atomic E-state index is 0.575. The van der Waals surface area contributed by atoms with E-state index in [1.807, 2.05) is 18.2 Å². The Morgan fingerprint density at radius 2 is 2.00 bits per heavy atom. The molecule has 1 aromatic heterocycles. The second kappa shape index (κ2) is 5.23. The Morgan fingerprint density at radius 1 is 1.25 bits per heavy atom. The van der Waals surface area contributed by atoms with Gasteiger partial charge < -0.3 is 5.73 Å². The van der Waals surface area contributed by atoms with Gasteiger partial charge in [-0.2, -0.15) is 0 Å². The molecule has 16 heavy (non-hydrogen) atoms. The number of hydrogen-bond donors (Lipinski definition) is 1. The summed E-state index contributed by atoms with van der Waals surface area (Å²) in [7, 11) is 0. The number of nitrogens with zero attached hydrogens (tertiary/aromatic N) is 1. The lowest BCUT2D eigenvalue weighted by atomic mass is 10.1. The lowest BCUT2D eigenvalue weighted by Gasteiger charge is -1.98. The second-order valence-corrected chi connectivity index (χ2v) is 4.87. The molecule has 0 aliphatic rings. The predicted molar refractivity (Wildman–Crippen MR) is 69.4 cm³/mol. The van der Waals surface area contributed by atoms with Crippen LogP contribution in [0.1, 0.15) is 23.2 Å². The van der Waals surface area contributed by atoms with Gasteiger partial charge in [-0.05, 0) is 12.8 Å². The summed E-state index contributed by atoms with van der Waals surface area (Å²) in [6.45, 7) is 2.75. The summed E-state index contributed by atoms with van der Waals surface area (Å²) in [5.74, 6) is 0. The van der Waals surface area contributed by atoms with Gasteiger partial charge >= 0.3 is 0 Å². The largest absolute Gasteiger partial charge is 0.326 e. The van der Waals surface area contributed by atoms with Crippen molar-refractivity contribution in [3.05, 3.63) is 40.2 Å². The van der Waals surface area contributed by atoms with Crippen LogP contribution in [0.25, 0.3) is 11.3 Å². The molecule has 3 heteroatoms. The fraction of sp³-hybridized carbons (Fsp3) is 0.308. The molecule has 2 nitrogen and oxygen atoms in total. The van der Waals surface area contributed by atoms with Crippen LogP contribution in [0, 0.1) is 0 Å². The third-order valence-corrected chi connectivity index (χ3v) is 3.58. The molecule has 2 rings (SSSR count). The van der Waals surface area contributed by atoms with E-state index in [1.54, 1.807) is 11.3 Å². The van der Waals surface area contributed by atoms with Crippen LogP contribution in [0.4, 0.5) is 0 Å². The van der Waals surface area contributed by atoms with Gasteiger partial charge in [0.15, 0.2) is 0 Å². The molecule has 2 aromatic rings. The summed E-state index contributed by atoms with van der Waals surface area (Å²) in [6.07, 6.45) is 2.18. The Balaban J connectivity index is 2.39. The maximum Gasteiger partial charge on any atom is 0.0935 e. The summed E-state index contributed by atoms with van der Waals surface area (Å²) in [6, 6.07) is 10.3. The first-order valence-corrected chi connectivity index (χ1v) is 6.41. The normalized spacial score (nSPS) is 10.6. The molecular formula is C13H16N2S. The molecule has 1 aromatic carbocycles. The molecular weight excluding hydrogens is 216 g/mol. The first-order valence-electron chi connectivity index (χ1n) is 5.59. The minimum Gasteiger partial charge on any atom is -0.326 e. The molecule has 0 bridgehead atoms. The molecule has 0 fully saturated rings. The number of aryl methyl sites for hydroxylation is 1. The van der Waals surface area contributed by atoms with Crippen molar-refractivity contribution in [1.29, 1.82) is 0 Å². The fourth-order valence-corrected chi connectivity index (χ4v) is 2.75. The zero-order chi connectivity index (χ0) is 11.4. The van der Waals surface area contributed by atoms with Gasteiger partial charge in [-0.15, -0.1) is 11.3 Å². The summed E-state index contributed by atoms with van der Waals surface area (Å²) in [5, 5.41) is 1.20. The highest BCUT2D eigenvalue weighted by atomic mass is 32.1. The summed E-state index contributed by atoms with van der Waals surface area (Å²) < 4.78 is 0. The second-order valence-electron chi connectivity index (χ2n) is 3.70. The van der Waals surface area contributed by atoms with E-state index in [0.29, 0.717) is 6.54 Å². The van der Waals surface area contributed by atoms with Crippen molar-refractivity contribution in [3.63, 3.8) is 0 Å². The van der Waals surface area contributed by atoms with Crippen molar-refractivity contribution in [1.82, 2.24) is 4.98 Å². The Hall–Kier alpha value is -1.19. The number of thiazole rings is 1. The molecule has 0 unspecified atom stereocenters. The standard InChI is InChI=1S/C13H16N2S/c1-2-6-12-15-13(11(9-14)16-12)10-7-4-3-5-8-10/h3-5,7-8H,2,6,9,14H2,1H3. The Kier molecular flexibility index (Phi) is 3.70. The SMILES string of the molecule is CCCc1nc(-c2ccccc2)c(CN)s1. The van der Waals surface area contributed by atoms with Crippen molar-refractivity contribution in [2.45, 2.75) is 26.3 Å². The van der Waals surface area contributed by atoms with Crippen molar-refractivity contribution >= 4 is 11.3 Å². The van der Waals surface area contributed by atoms with Crippen LogP contribution in [0.2, 0.25) is 0 Å². The van der Waals surface area contributed by atoms with Crippen LogP contribution in [0.15, 0.2) is 30.3 Å². The summed E-state index contributed by atoms with van der Waals surface area (Å²) >= 11 is 1.74. The molecule has 0 amide bonds. The van der Waals surface area contributed by atoms with E-state index < -0.39 is 0 Å². The molecule has 0 saturated carbocycles. The van der Waals surface area contributed by atoms with Gasteiger partial charge in [0.25, 0.3) is 0 Å². The van der Waals surface area contributed by atoms with E-state index in [4.69, 9.17) is 5.73 Å². The van der Waals surface area contributed by atoms with Crippen molar-refractivity contribution in [2.24, 2.45) is 5.73 Å². The molecule has 0 aliphatic heterocycles. The van der Waals surface area contributed by atoms with Crippen LogP contribution in [-0.4, -0.2) is 4.98 Å². The van der Waals surface area contributed by atoms with E-state index in [9.17, 15) is 0 Å². The molecule has 0 spiro atoms. The van der Waals surface area contributed by atoms with E-state index in [0.717, 1.165) is 18.5 Å². The smallest absolute Gasteiger partial charge is 0.0935 e. The topological polar surface area (TPSA) is 38.9 Å². The fourth-order valence-electron chi connectivity index (χ4n) is 1.68. The Morgan fingerprint density at radius 3 is 2.62 bits per heavy atom. The monoisotopic (exact) mass is 232 g/mol. The lowest BCUT2D eigenvalue weighted by Crippen LogP contribution is -1.95. The molecule has 1 heterocycles. The lowest BCUT2D eigenvalue weighted by molar-refractivity contribution is 0.909. The zero-order valence-corrected chi connectivity index (χ0v) is 10.3. The average molecular weight is 232 g/mol. The van der Waals surface area contributed by atoms with Gasteiger partial charge in [-0.25, -0.2) is 4.98 Å². The Bertz CT molecular complexity index is 448. The van der Waals surface area contributed by atoms with Crippen LogP contribution >= 0.6 is 11.3 Å². The molecule has 0 saturated heterocycles. The van der Waals surface area contributed by atoms with Gasteiger partial charge in [-0.1, -0.05) is 37.3 Å².